The van der Waals surface area contributed by atoms with E-state index in [4.69, 9.17) is 10.4 Å². The van der Waals surface area contributed by atoms with Crippen LogP contribution in [-0.2, 0) is 22.4 Å². The lowest BCUT2D eigenvalue weighted by Gasteiger charge is -2.08. The molecule has 2 aromatic rings. The van der Waals surface area contributed by atoms with E-state index in [1.54, 1.807) is 21.6 Å². The highest BCUT2D eigenvalue weighted by Crippen LogP contribution is 2.19. The van der Waals surface area contributed by atoms with Gasteiger partial charge in [-0.1, -0.05) is 92.6 Å². The lowest BCUT2D eigenvalue weighted by molar-refractivity contribution is -0.115. The van der Waals surface area contributed by atoms with Gasteiger partial charge in [-0.05, 0) is 11.1 Å². The van der Waals surface area contributed by atoms with E-state index in [0.717, 1.165) is 11.1 Å². The fraction of sp³-hybridized carbons (Fsp3) is 0.273. The first-order chi connectivity index (χ1) is 15.6. The second-order valence-corrected chi connectivity index (χ2v) is 9.28. The summed E-state index contributed by atoms with van der Waals surface area (Å²) in [5.74, 6) is 0.518. The molecule has 0 heterocycles. The van der Waals surface area contributed by atoms with Crippen LogP contribution in [0.4, 0.5) is 0 Å². The zero-order chi connectivity index (χ0) is 23.0. The molecule has 2 amide bonds. The van der Waals surface area contributed by atoms with E-state index in [9.17, 15) is 9.59 Å². The minimum absolute atomic E-state index is 0.0634. The number of carbonyl (C=O) groups is 2. The summed E-state index contributed by atoms with van der Waals surface area (Å²) in [6.45, 7) is 0.851. The Morgan fingerprint density at radius 2 is 1.06 bits per heavy atom. The van der Waals surface area contributed by atoms with Gasteiger partial charge in [0.1, 0.15) is 11.4 Å². The molecule has 10 heteroatoms. The number of oxime groups is 2. The summed E-state index contributed by atoms with van der Waals surface area (Å²) in [4.78, 5) is 24.2. The first-order valence-corrected chi connectivity index (χ1v) is 12.4. The van der Waals surface area contributed by atoms with Gasteiger partial charge < -0.3 is 21.0 Å². The average molecular weight is 475 g/mol. The predicted octanol–water partition coefficient (Wildman–Crippen LogP) is 2.75. The van der Waals surface area contributed by atoms with Gasteiger partial charge in [0, 0.05) is 37.4 Å². The Hall–Kier alpha value is -2.98. The van der Waals surface area contributed by atoms with Gasteiger partial charge in [-0.3, -0.25) is 9.59 Å². The maximum Gasteiger partial charge on any atom is 0.269 e. The number of benzene rings is 2. The normalized spacial score (nSPS) is 11.8. The van der Waals surface area contributed by atoms with Gasteiger partial charge in [0.05, 0.1) is 0 Å². The molecule has 0 aliphatic rings. The van der Waals surface area contributed by atoms with Crippen LogP contribution >= 0.6 is 21.6 Å². The fourth-order valence-electron chi connectivity index (χ4n) is 2.63. The quantitative estimate of drug-likeness (QED) is 0.116. The molecule has 2 rings (SSSR count). The Labute approximate surface area is 194 Å². The van der Waals surface area contributed by atoms with E-state index in [2.05, 4.69) is 20.9 Å². The van der Waals surface area contributed by atoms with Gasteiger partial charge in [0.15, 0.2) is 0 Å². The summed E-state index contributed by atoms with van der Waals surface area (Å²) in [6, 6.07) is 18.6. The maximum atomic E-state index is 12.1. The first-order valence-electron chi connectivity index (χ1n) is 9.94. The fourth-order valence-corrected chi connectivity index (χ4v) is 4.45. The molecule has 0 spiro atoms. The lowest BCUT2D eigenvalue weighted by atomic mass is 10.1. The Bertz CT molecular complexity index is 833. The highest BCUT2D eigenvalue weighted by molar-refractivity contribution is 8.76. The second-order valence-electron chi connectivity index (χ2n) is 6.57. The van der Waals surface area contributed by atoms with Crippen LogP contribution in [0.5, 0.6) is 0 Å². The van der Waals surface area contributed by atoms with Crippen LogP contribution < -0.4 is 10.6 Å². The Morgan fingerprint density at radius 1 is 0.688 bits per heavy atom. The number of hydrogen-bond donors (Lipinski definition) is 4. The summed E-state index contributed by atoms with van der Waals surface area (Å²) in [5.41, 5.74) is 1.91. The summed E-state index contributed by atoms with van der Waals surface area (Å²) in [5, 5.41) is 29.9. The molecule has 0 fully saturated rings. The van der Waals surface area contributed by atoms with E-state index >= 15 is 0 Å². The van der Waals surface area contributed by atoms with E-state index < -0.39 is 11.8 Å². The molecule has 0 bridgehead atoms. The van der Waals surface area contributed by atoms with Gasteiger partial charge in [0.2, 0.25) is 0 Å². The molecule has 2 aromatic carbocycles. The summed E-state index contributed by atoms with van der Waals surface area (Å²) in [7, 11) is 3.11. The highest BCUT2D eigenvalue weighted by Gasteiger charge is 2.13. The van der Waals surface area contributed by atoms with Crippen molar-refractivity contribution in [2.75, 3.05) is 24.6 Å². The first kappa shape index (κ1) is 25.3. The molecule has 170 valence electrons. The number of amides is 2. The van der Waals surface area contributed by atoms with Crippen LogP contribution in [-0.4, -0.2) is 58.2 Å². The Balaban J connectivity index is 1.56. The zero-order valence-corrected chi connectivity index (χ0v) is 19.1. The van der Waals surface area contributed by atoms with Crippen molar-refractivity contribution in [3.8, 4) is 0 Å². The summed E-state index contributed by atoms with van der Waals surface area (Å²) >= 11 is 0. The third-order valence-corrected chi connectivity index (χ3v) is 6.63. The van der Waals surface area contributed by atoms with Crippen molar-refractivity contribution >= 4 is 44.8 Å². The molecule has 4 N–H and O–H groups in total. The molecular weight excluding hydrogens is 448 g/mol. The monoisotopic (exact) mass is 474 g/mol. The molecule has 32 heavy (non-hydrogen) atoms. The maximum absolute atomic E-state index is 12.1. The third-order valence-electron chi connectivity index (χ3n) is 4.22. The van der Waals surface area contributed by atoms with Crippen molar-refractivity contribution in [3.05, 3.63) is 71.8 Å². The number of carbonyl (C=O) groups excluding carboxylic acids is 2. The lowest BCUT2D eigenvalue weighted by Crippen LogP contribution is -2.34. The van der Waals surface area contributed by atoms with Crippen LogP contribution in [0.3, 0.4) is 0 Å². The molecular formula is C22H26N4O4S2. The van der Waals surface area contributed by atoms with Gasteiger partial charge in [-0.2, -0.15) is 0 Å². The van der Waals surface area contributed by atoms with Crippen molar-refractivity contribution in [2.45, 2.75) is 12.8 Å². The summed E-state index contributed by atoms with van der Waals surface area (Å²) < 4.78 is 0. The number of rotatable bonds is 13. The van der Waals surface area contributed by atoms with Crippen LogP contribution in [0.2, 0.25) is 0 Å². The number of nitrogens with zero attached hydrogens (tertiary/aromatic N) is 2. The molecule has 0 aliphatic carbocycles. The molecule has 0 unspecified atom stereocenters. The van der Waals surface area contributed by atoms with Gasteiger partial charge in [-0.25, -0.2) is 0 Å². The topological polar surface area (TPSA) is 123 Å². The van der Waals surface area contributed by atoms with Crippen molar-refractivity contribution in [3.63, 3.8) is 0 Å². The molecule has 0 atom stereocenters. The molecule has 0 aliphatic heterocycles. The van der Waals surface area contributed by atoms with Crippen LogP contribution in [0, 0.1) is 0 Å². The molecule has 0 aromatic heterocycles. The minimum atomic E-state index is -0.400. The summed E-state index contributed by atoms with van der Waals surface area (Å²) in [6.07, 6.45) is 0.516. The molecule has 0 saturated carbocycles. The second kappa shape index (κ2) is 14.9. The third kappa shape index (κ3) is 9.44. The largest absolute Gasteiger partial charge is 0.410 e. The van der Waals surface area contributed by atoms with E-state index in [1.807, 2.05) is 60.7 Å². The van der Waals surface area contributed by atoms with Crippen LogP contribution in [0.25, 0.3) is 0 Å². The van der Waals surface area contributed by atoms with E-state index in [-0.39, 0.29) is 24.3 Å². The number of nitrogens with one attached hydrogen (secondary N) is 2. The number of hydrogen-bond acceptors (Lipinski definition) is 8. The smallest absolute Gasteiger partial charge is 0.269 e. The van der Waals surface area contributed by atoms with Crippen LogP contribution in [0.1, 0.15) is 11.1 Å². The Kier molecular flexibility index (Phi) is 11.8. The average Bonchev–Trinajstić information content (AvgIpc) is 2.83. The van der Waals surface area contributed by atoms with E-state index in [0.29, 0.717) is 24.6 Å². The van der Waals surface area contributed by atoms with E-state index in [1.165, 1.54) is 0 Å². The molecule has 0 radical (unpaired) electrons. The van der Waals surface area contributed by atoms with Gasteiger partial charge in [0.25, 0.3) is 11.8 Å². The van der Waals surface area contributed by atoms with Crippen LogP contribution in [0.15, 0.2) is 71.0 Å². The van der Waals surface area contributed by atoms with Gasteiger partial charge in [-0.15, -0.1) is 0 Å². The SMILES string of the molecule is O=C(NCCSSCCNC(=O)C(Cc1ccccc1)=NO)C(Cc1ccccc1)=NO. The zero-order valence-electron chi connectivity index (χ0n) is 17.4. The highest BCUT2D eigenvalue weighted by atomic mass is 33.1. The Morgan fingerprint density at radius 3 is 1.41 bits per heavy atom. The van der Waals surface area contributed by atoms with Crippen molar-refractivity contribution in [1.82, 2.24) is 10.6 Å². The van der Waals surface area contributed by atoms with Crippen molar-refractivity contribution in [2.24, 2.45) is 10.3 Å². The van der Waals surface area contributed by atoms with Crippen molar-refractivity contribution in [1.29, 1.82) is 0 Å². The predicted molar refractivity (Wildman–Crippen MR) is 130 cm³/mol. The molecule has 8 nitrogen and oxygen atoms in total. The van der Waals surface area contributed by atoms with Crippen molar-refractivity contribution < 1.29 is 20.0 Å². The standard InChI is InChI=1S/C22H26N4O4S2/c27-21(19(25-29)15-17-7-3-1-4-8-17)23-11-13-31-32-14-12-24-22(28)20(26-30)16-18-9-5-2-6-10-18/h1-10,29-30H,11-16H2,(H,23,27)(H,24,28). The molecule has 0 saturated heterocycles. The minimum Gasteiger partial charge on any atom is -0.410 e. The van der Waals surface area contributed by atoms with Gasteiger partial charge >= 0.3 is 0 Å².